The van der Waals surface area contributed by atoms with Gasteiger partial charge in [-0.3, -0.25) is 4.79 Å². The number of carbonyl (C=O) groups is 1. The van der Waals surface area contributed by atoms with E-state index in [4.69, 9.17) is 4.74 Å². The lowest BCUT2D eigenvalue weighted by atomic mass is 9.99. The van der Waals surface area contributed by atoms with Crippen LogP contribution in [0.5, 0.6) is 0 Å². The lowest BCUT2D eigenvalue weighted by Gasteiger charge is -2.30. The third-order valence-corrected chi connectivity index (χ3v) is 3.60. The highest BCUT2D eigenvalue weighted by molar-refractivity contribution is 5.73. The van der Waals surface area contributed by atoms with E-state index in [0.717, 1.165) is 25.8 Å². The Balaban J connectivity index is 3.88. The van der Waals surface area contributed by atoms with Crippen molar-refractivity contribution in [2.24, 2.45) is 0 Å². The van der Waals surface area contributed by atoms with Gasteiger partial charge in [0.1, 0.15) is 0 Å². The predicted octanol–water partition coefficient (Wildman–Crippen LogP) is 3.64. The molecule has 0 heterocycles. The number of unbranched alkanes of at least 4 members (excludes halogenated alkanes) is 1. The van der Waals surface area contributed by atoms with Gasteiger partial charge in [-0.25, -0.2) is 0 Å². The van der Waals surface area contributed by atoms with Gasteiger partial charge >= 0.3 is 0 Å². The fourth-order valence-corrected chi connectivity index (χ4v) is 2.33. The molecule has 4 heteroatoms. The molecule has 0 spiro atoms. The van der Waals surface area contributed by atoms with Gasteiger partial charge in [0.15, 0.2) is 0 Å². The highest BCUT2D eigenvalue weighted by Crippen LogP contribution is 2.20. The fourth-order valence-electron chi connectivity index (χ4n) is 2.33. The SMILES string of the molecule is CC(=O)NC(C)(C)CCOC(C)(C)CCCCNC(C)(C)C. The average Bonchev–Trinajstić information content (AvgIpc) is 2.23. The van der Waals surface area contributed by atoms with Crippen LogP contribution in [0.25, 0.3) is 0 Å². The molecular weight excluding hydrogens is 276 g/mol. The van der Waals surface area contributed by atoms with Crippen LogP contribution < -0.4 is 10.6 Å². The number of ether oxygens (including phenoxy) is 1. The summed E-state index contributed by atoms with van der Waals surface area (Å²) in [4.78, 5) is 11.1. The van der Waals surface area contributed by atoms with E-state index in [1.54, 1.807) is 6.92 Å². The van der Waals surface area contributed by atoms with Crippen molar-refractivity contribution >= 4 is 5.91 Å². The van der Waals surface area contributed by atoms with E-state index in [2.05, 4.69) is 45.3 Å². The minimum atomic E-state index is -0.210. The smallest absolute Gasteiger partial charge is 0.217 e. The molecule has 1 amide bonds. The summed E-state index contributed by atoms with van der Waals surface area (Å²) >= 11 is 0. The van der Waals surface area contributed by atoms with Gasteiger partial charge in [-0.05, 0) is 80.7 Å². The Morgan fingerprint density at radius 3 is 2.05 bits per heavy atom. The maximum atomic E-state index is 11.1. The van der Waals surface area contributed by atoms with Crippen LogP contribution in [-0.4, -0.2) is 35.7 Å². The third kappa shape index (κ3) is 13.1. The fraction of sp³-hybridized carbons (Fsp3) is 0.944. The standard InChI is InChI=1S/C18H38N2O2/c1-15(21)20-17(5,6)12-14-22-18(7,8)11-9-10-13-19-16(2,3)4/h19H,9-14H2,1-8H3,(H,20,21). The van der Waals surface area contributed by atoms with Crippen molar-refractivity contribution in [1.29, 1.82) is 0 Å². The van der Waals surface area contributed by atoms with Gasteiger partial charge in [-0.1, -0.05) is 0 Å². The van der Waals surface area contributed by atoms with Crippen molar-refractivity contribution < 1.29 is 9.53 Å². The Bertz CT molecular complexity index is 330. The van der Waals surface area contributed by atoms with Gasteiger partial charge in [0.25, 0.3) is 0 Å². The summed E-state index contributed by atoms with van der Waals surface area (Å²) in [5.74, 6) is 0.00982. The zero-order valence-electron chi connectivity index (χ0n) is 16.1. The summed E-state index contributed by atoms with van der Waals surface area (Å²) in [5, 5.41) is 6.46. The van der Waals surface area contributed by atoms with E-state index in [0.29, 0.717) is 6.61 Å². The van der Waals surface area contributed by atoms with Crippen molar-refractivity contribution in [2.45, 2.75) is 97.8 Å². The first-order valence-corrected chi connectivity index (χ1v) is 8.51. The topological polar surface area (TPSA) is 50.4 Å². The maximum Gasteiger partial charge on any atom is 0.217 e. The zero-order chi connectivity index (χ0) is 17.4. The van der Waals surface area contributed by atoms with Gasteiger partial charge in [0.05, 0.1) is 5.60 Å². The first kappa shape index (κ1) is 21.4. The van der Waals surface area contributed by atoms with Crippen LogP contribution in [0, 0.1) is 0 Å². The Morgan fingerprint density at radius 2 is 1.55 bits per heavy atom. The monoisotopic (exact) mass is 314 g/mol. The second kappa shape index (κ2) is 8.88. The molecule has 0 radical (unpaired) electrons. The third-order valence-electron chi connectivity index (χ3n) is 3.60. The van der Waals surface area contributed by atoms with Gasteiger partial charge in [-0.2, -0.15) is 0 Å². The number of hydrogen-bond donors (Lipinski definition) is 2. The molecule has 4 nitrogen and oxygen atoms in total. The molecule has 0 atom stereocenters. The molecule has 22 heavy (non-hydrogen) atoms. The van der Waals surface area contributed by atoms with E-state index in [9.17, 15) is 4.79 Å². The highest BCUT2D eigenvalue weighted by atomic mass is 16.5. The molecule has 0 rings (SSSR count). The minimum absolute atomic E-state index is 0.00982. The summed E-state index contributed by atoms with van der Waals surface area (Å²) in [6.45, 7) is 18.2. The van der Waals surface area contributed by atoms with E-state index in [-0.39, 0.29) is 22.6 Å². The average molecular weight is 315 g/mol. The molecule has 0 aliphatic carbocycles. The van der Waals surface area contributed by atoms with Crippen LogP contribution in [0.1, 0.15) is 81.1 Å². The summed E-state index contributed by atoms with van der Waals surface area (Å²) in [6.07, 6.45) is 4.20. The first-order chi connectivity index (χ1) is 9.83. The van der Waals surface area contributed by atoms with Crippen molar-refractivity contribution in [3.63, 3.8) is 0 Å². The zero-order valence-corrected chi connectivity index (χ0v) is 16.1. The molecule has 0 saturated heterocycles. The Morgan fingerprint density at radius 1 is 0.955 bits per heavy atom. The number of amides is 1. The van der Waals surface area contributed by atoms with Gasteiger partial charge in [0, 0.05) is 24.6 Å². The molecule has 0 aromatic rings. The van der Waals surface area contributed by atoms with Crippen LogP contribution >= 0.6 is 0 Å². The molecule has 132 valence electrons. The second-order valence-corrected chi connectivity index (χ2v) is 8.56. The minimum Gasteiger partial charge on any atom is -0.375 e. The molecule has 0 aromatic heterocycles. The molecule has 0 aromatic carbocycles. The Labute approximate surface area is 137 Å². The molecule has 0 aliphatic rings. The van der Waals surface area contributed by atoms with E-state index in [1.807, 2.05) is 13.8 Å². The summed E-state index contributed by atoms with van der Waals surface area (Å²) in [6, 6.07) is 0. The van der Waals surface area contributed by atoms with E-state index < -0.39 is 0 Å². The van der Waals surface area contributed by atoms with Crippen LogP contribution in [-0.2, 0) is 9.53 Å². The predicted molar refractivity (Wildman–Crippen MR) is 94.2 cm³/mol. The largest absolute Gasteiger partial charge is 0.375 e. The van der Waals surface area contributed by atoms with Crippen molar-refractivity contribution in [2.75, 3.05) is 13.2 Å². The highest BCUT2D eigenvalue weighted by Gasteiger charge is 2.22. The lowest BCUT2D eigenvalue weighted by Crippen LogP contribution is -2.43. The van der Waals surface area contributed by atoms with Crippen LogP contribution in [0.3, 0.4) is 0 Å². The van der Waals surface area contributed by atoms with Gasteiger partial charge in [-0.15, -0.1) is 0 Å². The van der Waals surface area contributed by atoms with Crippen molar-refractivity contribution in [3.8, 4) is 0 Å². The van der Waals surface area contributed by atoms with Crippen molar-refractivity contribution in [1.82, 2.24) is 10.6 Å². The summed E-state index contributed by atoms with van der Waals surface area (Å²) < 4.78 is 6.02. The lowest BCUT2D eigenvalue weighted by molar-refractivity contribution is -0.120. The molecule has 0 aliphatic heterocycles. The van der Waals surface area contributed by atoms with Crippen molar-refractivity contribution in [3.05, 3.63) is 0 Å². The maximum absolute atomic E-state index is 11.1. The first-order valence-electron chi connectivity index (χ1n) is 8.51. The summed E-state index contributed by atoms with van der Waals surface area (Å²) in [7, 11) is 0. The number of hydrogen-bond acceptors (Lipinski definition) is 3. The molecule has 0 fully saturated rings. The Hall–Kier alpha value is -0.610. The quantitative estimate of drug-likeness (QED) is 0.605. The normalized spacial score (nSPS) is 13.3. The number of rotatable bonds is 10. The van der Waals surface area contributed by atoms with Crippen LogP contribution in [0.15, 0.2) is 0 Å². The Kier molecular flexibility index (Phi) is 8.63. The van der Waals surface area contributed by atoms with Gasteiger partial charge < -0.3 is 15.4 Å². The molecule has 0 saturated carbocycles. The molecule has 0 unspecified atom stereocenters. The molecular formula is C18H38N2O2. The number of carbonyl (C=O) groups excluding carboxylic acids is 1. The number of nitrogens with one attached hydrogen (secondary N) is 2. The van der Waals surface area contributed by atoms with E-state index in [1.165, 1.54) is 6.42 Å². The molecule has 0 bridgehead atoms. The van der Waals surface area contributed by atoms with Crippen LogP contribution in [0.2, 0.25) is 0 Å². The summed E-state index contributed by atoms with van der Waals surface area (Å²) in [5.41, 5.74) is -0.117. The molecule has 2 N–H and O–H groups in total. The van der Waals surface area contributed by atoms with E-state index >= 15 is 0 Å². The van der Waals surface area contributed by atoms with Gasteiger partial charge in [0.2, 0.25) is 5.91 Å². The second-order valence-electron chi connectivity index (χ2n) is 8.56. The van der Waals surface area contributed by atoms with Crippen LogP contribution in [0.4, 0.5) is 0 Å².